The minimum Gasteiger partial charge on any atom is -0.495 e. The minimum atomic E-state index is -0.153. The Labute approximate surface area is 160 Å². The van der Waals surface area contributed by atoms with Crippen LogP contribution in [0, 0.1) is 0 Å². The summed E-state index contributed by atoms with van der Waals surface area (Å²) < 4.78 is 11.6. The number of methoxy groups -OCH3 is 1. The first-order valence-electron chi connectivity index (χ1n) is 8.36. The molecule has 0 unspecified atom stereocenters. The van der Waals surface area contributed by atoms with Crippen LogP contribution in [-0.4, -0.2) is 30.7 Å². The quantitative estimate of drug-likeness (QED) is 0.773. The second-order valence-corrected chi connectivity index (χ2v) is 7.34. The van der Waals surface area contributed by atoms with E-state index >= 15 is 0 Å². The zero-order valence-electron chi connectivity index (χ0n) is 14.5. The molecule has 2 aliphatic rings. The van der Waals surface area contributed by atoms with E-state index in [-0.39, 0.29) is 18.0 Å². The number of benzene rings is 2. The van der Waals surface area contributed by atoms with Gasteiger partial charge in [-0.25, -0.2) is 0 Å². The van der Waals surface area contributed by atoms with Gasteiger partial charge in [0.25, 0.3) is 0 Å². The highest BCUT2D eigenvalue weighted by Gasteiger charge is 2.48. The van der Waals surface area contributed by atoms with Crippen molar-refractivity contribution in [1.29, 1.82) is 0 Å². The van der Waals surface area contributed by atoms with Crippen LogP contribution in [0.15, 0.2) is 42.5 Å². The molecule has 4 rings (SSSR count). The molecule has 0 aliphatic carbocycles. The van der Waals surface area contributed by atoms with Crippen LogP contribution in [0.2, 0.25) is 5.02 Å². The van der Waals surface area contributed by atoms with E-state index in [2.05, 4.69) is 48.2 Å². The van der Waals surface area contributed by atoms with Crippen molar-refractivity contribution < 1.29 is 9.47 Å². The van der Waals surface area contributed by atoms with Gasteiger partial charge < -0.3 is 9.47 Å². The van der Waals surface area contributed by atoms with E-state index in [0.717, 1.165) is 30.9 Å². The first-order valence-corrected chi connectivity index (χ1v) is 8.74. The minimum absolute atomic E-state index is 0. The van der Waals surface area contributed by atoms with Crippen molar-refractivity contribution >= 4 is 24.0 Å². The Morgan fingerprint density at radius 1 is 1.24 bits per heavy atom. The highest BCUT2D eigenvalue weighted by molar-refractivity contribution is 6.33. The Kier molecular flexibility index (Phi) is 5.31. The van der Waals surface area contributed by atoms with Crippen molar-refractivity contribution in [2.24, 2.45) is 0 Å². The van der Waals surface area contributed by atoms with Crippen molar-refractivity contribution in [3.8, 4) is 5.75 Å². The van der Waals surface area contributed by atoms with Crippen LogP contribution in [0.4, 0.5) is 0 Å². The van der Waals surface area contributed by atoms with Gasteiger partial charge in [0.05, 0.1) is 24.3 Å². The molecule has 2 heterocycles. The number of rotatable bonds is 3. The van der Waals surface area contributed by atoms with E-state index in [1.807, 2.05) is 6.07 Å². The van der Waals surface area contributed by atoms with Crippen molar-refractivity contribution in [2.75, 3.05) is 20.2 Å². The Hall–Kier alpha value is -1.26. The van der Waals surface area contributed by atoms with Crippen LogP contribution in [0.3, 0.4) is 0 Å². The van der Waals surface area contributed by atoms with Gasteiger partial charge in [0.15, 0.2) is 0 Å². The van der Waals surface area contributed by atoms with Crippen LogP contribution >= 0.6 is 24.0 Å². The molecule has 0 N–H and O–H groups in total. The third kappa shape index (κ3) is 3.26. The van der Waals surface area contributed by atoms with Gasteiger partial charge >= 0.3 is 0 Å². The molecule has 0 saturated carbocycles. The number of fused-ring (bicyclic) bond motifs is 3. The summed E-state index contributed by atoms with van der Waals surface area (Å²) in [6, 6.07) is 14.8. The Balaban J connectivity index is 0.00000182. The summed E-state index contributed by atoms with van der Waals surface area (Å²) >= 11 is 6.51. The van der Waals surface area contributed by atoms with E-state index in [4.69, 9.17) is 21.1 Å². The number of likely N-dealkylation sites (tertiary alicyclic amines) is 1. The van der Waals surface area contributed by atoms with Gasteiger partial charge in [-0.1, -0.05) is 48.0 Å². The molecule has 0 radical (unpaired) electrons. The van der Waals surface area contributed by atoms with Gasteiger partial charge in [0.2, 0.25) is 0 Å². The highest BCUT2D eigenvalue weighted by atomic mass is 35.5. The maximum absolute atomic E-state index is 6.51. The molecule has 3 nitrogen and oxygen atoms in total. The van der Waals surface area contributed by atoms with Crippen molar-refractivity contribution in [3.05, 3.63) is 64.2 Å². The molecule has 0 bridgehead atoms. The van der Waals surface area contributed by atoms with Crippen LogP contribution in [0.1, 0.15) is 29.5 Å². The number of nitrogens with zero attached hydrogens (tertiary/aromatic N) is 1. The zero-order chi connectivity index (χ0) is 16.7. The SMILES string of the molecule is COc1ccc2c(c1Cl)CO[C@]1(C)CN(Cc3ccccc3)C[C@H]21.Cl. The van der Waals surface area contributed by atoms with Crippen molar-refractivity contribution in [1.82, 2.24) is 4.90 Å². The summed E-state index contributed by atoms with van der Waals surface area (Å²) in [5, 5.41) is 0.693. The average molecular weight is 380 g/mol. The molecule has 134 valence electrons. The van der Waals surface area contributed by atoms with Crippen molar-refractivity contribution in [2.45, 2.75) is 31.6 Å². The molecule has 2 aromatic rings. The molecule has 2 aromatic carbocycles. The zero-order valence-corrected chi connectivity index (χ0v) is 16.1. The molecule has 2 aliphatic heterocycles. The monoisotopic (exact) mass is 379 g/mol. The fourth-order valence-corrected chi connectivity index (χ4v) is 4.39. The lowest BCUT2D eigenvalue weighted by Crippen LogP contribution is -2.40. The molecule has 0 spiro atoms. The third-order valence-electron chi connectivity index (χ3n) is 5.35. The molecule has 5 heteroatoms. The Morgan fingerprint density at radius 2 is 2.00 bits per heavy atom. The Bertz CT molecular complexity index is 753. The second kappa shape index (κ2) is 7.16. The van der Waals surface area contributed by atoms with Gasteiger partial charge in [-0.15, -0.1) is 12.4 Å². The van der Waals surface area contributed by atoms with Crippen LogP contribution in [-0.2, 0) is 17.9 Å². The van der Waals surface area contributed by atoms with E-state index in [9.17, 15) is 0 Å². The molecule has 0 aromatic heterocycles. The Morgan fingerprint density at radius 3 is 2.72 bits per heavy atom. The standard InChI is InChI=1S/C20H22ClNO2.ClH/c1-20-13-22(10-14-6-4-3-5-7-14)11-17(20)15-8-9-18(23-2)19(21)16(15)12-24-20;/h3-9,17H,10-13H2,1-2H3;1H/t17-,20-;/m1./s1. The van der Waals surface area contributed by atoms with Crippen molar-refractivity contribution in [3.63, 3.8) is 0 Å². The summed E-state index contributed by atoms with van der Waals surface area (Å²) in [6.07, 6.45) is 0. The van der Waals surface area contributed by atoms with E-state index in [1.165, 1.54) is 11.1 Å². The number of halogens is 2. The lowest BCUT2D eigenvalue weighted by molar-refractivity contribution is -0.0568. The molecule has 25 heavy (non-hydrogen) atoms. The fourth-order valence-electron chi connectivity index (χ4n) is 4.09. The average Bonchev–Trinajstić information content (AvgIpc) is 2.92. The fraction of sp³-hybridized carbons (Fsp3) is 0.400. The second-order valence-electron chi connectivity index (χ2n) is 6.96. The summed E-state index contributed by atoms with van der Waals surface area (Å²) in [4.78, 5) is 2.48. The molecular weight excluding hydrogens is 357 g/mol. The van der Waals surface area contributed by atoms with E-state index < -0.39 is 0 Å². The van der Waals surface area contributed by atoms with Crippen LogP contribution < -0.4 is 4.74 Å². The lowest BCUT2D eigenvalue weighted by Gasteiger charge is -2.37. The van der Waals surface area contributed by atoms with Gasteiger partial charge in [-0.3, -0.25) is 4.90 Å². The topological polar surface area (TPSA) is 21.7 Å². The van der Waals surface area contributed by atoms with Gasteiger partial charge in [0, 0.05) is 31.1 Å². The maximum Gasteiger partial charge on any atom is 0.137 e. The summed E-state index contributed by atoms with van der Waals surface area (Å²) in [5.74, 6) is 1.06. The van der Waals surface area contributed by atoms with Crippen LogP contribution in [0.25, 0.3) is 0 Å². The lowest BCUT2D eigenvalue weighted by atomic mass is 9.81. The smallest absolute Gasteiger partial charge is 0.137 e. The van der Waals surface area contributed by atoms with Gasteiger partial charge in [0.1, 0.15) is 5.75 Å². The number of hydrogen-bond donors (Lipinski definition) is 0. The molecular formula is C20H23Cl2NO2. The maximum atomic E-state index is 6.51. The number of ether oxygens (including phenoxy) is 2. The van der Waals surface area contributed by atoms with E-state index in [0.29, 0.717) is 17.5 Å². The summed E-state index contributed by atoms with van der Waals surface area (Å²) in [5.41, 5.74) is 3.58. The summed E-state index contributed by atoms with van der Waals surface area (Å²) in [6.45, 7) is 5.66. The van der Waals surface area contributed by atoms with E-state index in [1.54, 1.807) is 7.11 Å². The predicted octanol–water partition coefficient (Wildman–Crippen LogP) is 4.66. The first kappa shape index (κ1) is 18.5. The molecule has 2 atom stereocenters. The molecule has 0 amide bonds. The van der Waals surface area contributed by atoms with Crippen LogP contribution in [0.5, 0.6) is 5.75 Å². The van der Waals surface area contributed by atoms with Gasteiger partial charge in [-0.2, -0.15) is 0 Å². The highest BCUT2D eigenvalue weighted by Crippen LogP contribution is 2.47. The van der Waals surface area contributed by atoms with Gasteiger partial charge in [-0.05, 0) is 24.1 Å². The molecule has 1 fully saturated rings. The predicted molar refractivity (Wildman–Crippen MR) is 103 cm³/mol. The summed E-state index contributed by atoms with van der Waals surface area (Å²) in [7, 11) is 1.65. The number of hydrogen-bond acceptors (Lipinski definition) is 3. The normalized spacial score (nSPS) is 25.0. The largest absolute Gasteiger partial charge is 0.495 e. The first-order chi connectivity index (χ1) is 11.6. The molecule has 1 saturated heterocycles. The third-order valence-corrected chi connectivity index (χ3v) is 5.76.